The third kappa shape index (κ3) is 4.90. The minimum Gasteiger partial charge on any atom is -0.491 e. The van der Waals surface area contributed by atoms with E-state index in [-0.39, 0.29) is 12.4 Å². The molecule has 2 N–H and O–H groups in total. The molecule has 0 fully saturated rings. The Morgan fingerprint density at radius 1 is 1.18 bits per heavy atom. The predicted octanol–water partition coefficient (Wildman–Crippen LogP) is 3.41. The first-order chi connectivity index (χ1) is 10.7. The number of halogens is 1. The number of anilines is 1. The first-order valence-corrected chi connectivity index (χ1v) is 7.18. The quantitative estimate of drug-likeness (QED) is 0.734. The number of hydrogen-bond acceptors (Lipinski definition) is 3. The maximum atomic E-state index is 12.8. The Labute approximate surface area is 130 Å². The second kappa shape index (κ2) is 8.20. The number of rotatable bonds is 8. The summed E-state index contributed by atoms with van der Waals surface area (Å²) in [6.45, 7) is 4.23. The van der Waals surface area contributed by atoms with Gasteiger partial charge in [-0.15, -0.1) is 6.58 Å². The van der Waals surface area contributed by atoms with Crippen molar-refractivity contribution >= 4 is 5.69 Å². The Hall–Kier alpha value is -2.33. The third-order valence-electron chi connectivity index (χ3n) is 3.15. The molecule has 1 atom stereocenters. The predicted molar refractivity (Wildman–Crippen MR) is 86.7 cm³/mol. The lowest BCUT2D eigenvalue weighted by molar-refractivity contribution is 0.117. The van der Waals surface area contributed by atoms with E-state index in [1.54, 1.807) is 12.1 Å². The lowest BCUT2D eigenvalue weighted by Gasteiger charge is -2.15. The van der Waals surface area contributed by atoms with E-state index in [2.05, 4.69) is 11.9 Å². The fourth-order valence-corrected chi connectivity index (χ4v) is 2.02. The van der Waals surface area contributed by atoms with Crippen LogP contribution in [0.15, 0.2) is 61.2 Å². The highest BCUT2D eigenvalue weighted by Crippen LogP contribution is 2.19. The van der Waals surface area contributed by atoms with E-state index in [0.29, 0.717) is 6.54 Å². The molecule has 116 valence electrons. The van der Waals surface area contributed by atoms with Crippen LogP contribution in [0.2, 0.25) is 0 Å². The van der Waals surface area contributed by atoms with Crippen LogP contribution in [0.1, 0.15) is 5.56 Å². The van der Waals surface area contributed by atoms with E-state index < -0.39 is 6.10 Å². The Bertz CT molecular complexity index is 598. The largest absolute Gasteiger partial charge is 0.491 e. The highest BCUT2D eigenvalue weighted by Gasteiger charge is 2.07. The van der Waals surface area contributed by atoms with Crippen LogP contribution in [0, 0.1) is 5.82 Å². The molecular weight excluding hydrogens is 281 g/mol. The Kier molecular flexibility index (Phi) is 5.98. The molecule has 22 heavy (non-hydrogen) atoms. The molecule has 0 aliphatic heterocycles. The summed E-state index contributed by atoms with van der Waals surface area (Å²) in [5.74, 6) is 0.469. The molecule has 0 saturated heterocycles. The van der Waals surface area contributed by atoms with Gasteiger partial charge in [0.05, 0.1) is 0 Å². The van der Waals surface area contributed by atoms with Crippen molar-refractivity contribution in [2.45, 2.75) is 12.5 Å². The highest BCUT2D eigenvalue weighted by atomic mass is 19.1. The second-order valence-corrected chi connectivity index (χ2v) is 4.95. The van der Waals surface area contributed by atoms with Gasteiger partial charge in [-0.1, -0.05) is 24.3 Å². The van der Waals surface area contributed by atoms with Crippen LogP contribution in [0.4, 0.5) is 10.1 Å². The lowest BCUT2D eigenvalue weighted by Crippen LogP contribution is -2.26. The van der Waals surface area contributed by atoms with Crippen LogP contribution in [-0.2, 0) is 6.42 Å². The first-order valence-electron chi connectivity index (χ1n) is 7.18. The van der Waals surface area contributed by atoms with Crippen molar-refractivity contribution < 1.29 is 14.2 Å². The molecule has 0 saturated carbocycles. The summed E-state index contributed by atoms with van der Waals surface area (Å²) < 4.78 is 18.5. The number of ether oxygens (including phenoxy) is 1. The molecule has 0 bridgehead atoms. The third-order valence-corrected chi connectivity index (χ3v) is 3.15. The molecular formula is C18H20FNO2. The standard InChI is InChI=1S/C18H20FNO2/c1-2-5-14-6-3-4-7-18(14)22-13-17(21)12-20-16-10-8-15(19)9-11-16/h2-4,6-11,17,20-21H,1,5,12-13H2. The van der Waals surface area contributed by atoms with Crippen molar-refractivity contribution in [2.24, 2.45) is 0 Å². The fraction of sp³-hybridized carbons (Fsp3) is 0.222. The van der Waals surface area contributed by atoms with Crippen LogP contribution in [0.25, 0.3) is 0 Å². The fourth-order valence-electron chi connectivity index (χ4n) is 2.02. The van der Waals surface area contributed by atoms with Gasteiger partial charge >= 0.3 is 0 Å². The zero-order valence-corrected chi connectivity index (χ0v) is 12.3. The Morgan fingerprint density at radius 3 is 2.64 bits per heavy atom. The number of aliphatic hydroxyl groups is 1. The summed E-state index contributed by atoms with van der Waals surface area (Å²) in [5.41, 5.74) is 1.80. The molecule has 0 aliphatic rings. The zero-order chi connectivity index (χ0) is 15.8. The zero-order valence-electron chi connectivity index (χ0n) is 12.3. The summed E-state index contributed by atoms with van der Waals surface area (Å²) in [4.78, 5) is 0. The van der Waals surface area contributed by atoms with Gasteiger partial charge in [0.2, 0.25) is 0 Å². The van der Waals surface area contributed by atoms with Gasteiger partial charge in [-0.2, -0.15) is 0 Å². The van der Waals surface area contributed by atoms with E-state index in [9.17, 15) is 9.50 Å². The maximum absolute atomic E-state index is 12.8. The van der Waals surface area contributed by atoms with Crippen molar-refractivity contribution in [1.29, 1.82) is 0 Å². The number of allylic oxidation sites excluding steroid dienone is 1. The number of aliphatic hydroxyl groups excluding tert-OH is 1. The van der Waals surface area contributed by atoms with Crippen LogP contribution in [-0.4, -0.2) is 24.4 Å². The van der Waals surface area contributed by atoms with E-state index in [1.807, 2.05) is 30.3 Å². The summed E-state index contributed by atoms with van der Waals surface area (Å²) in [6.07, 6.45) is 1.87. The molecule has 0 amide bonds. The summed E-state index contributed by atoms with van der Waals surface area (Å²) in [7, 11) is 0. The summed E-state index contributed by atoms with van der Waals surface area (Å²) in [5, 5.41) is 13.0. The van der Waals surface area contributed by atoms with Crippen molar-refractivity contribution in [3.05, 3.63) is 72.6 Å². The monoisotopic (exact) mass is 301 g/mol. The van der Waals surface area contributed by atoms with Crippen LogP contribution in [0.3, 0.4) is 0 Å². The lowest BCUT2D eigenvalue weighted by atomic mass is 10.1. The van der Waals surface area contributed by atoms with Gasteiger partial charge in [0.25, 0.3) is 0 Å². The topological polar surface area (TPSA) is 41.5 Å². The van der Waals surface area contributed by atoms with Gasteiger partial charge in [-0.25, -0.2) is 4.39 Å². The van der Waals surface area contributed by atoms with Crippen molar-refractivity contribution in [1.82, 2.24) is 0 Å². The normalized spacial score (nSPS) is 11.7. The Balaban J connectivity index is 1.81. The van der Waals surface area contributed by atoms with Gasteiger partial charge in [0, 0.05) is 12.2 Å². The second-order valence-electron chi connectivity index (χ2n) is 4.95. The van der Waals surface area contributed by atoms with Crippen molar-refractivity contribution in [2.75, 3.05) is 18.5 Å². The van der Waals surface area contributed by atoms with E-state index >= 15 is 0 Å². The van der Waals surface area contributed by atoms with Crippen LogP contribution < -0.4 is 10.1 Å². The first kappa shape index (κ1) is 16.0. The minimum absolute atomic E-state index is 0.183. The average molecular weight is 301 g/mol. The summed E-state index contributed by atoms with van der Waals surface area (Å²) in [6, 6.07) is 13.7. The van der Waals surface area contributed by atoms with Crippen molar-refractivity contribution in [3.8, 4) is 5.75 Å². The molecule has 0 spiro atoms. The van der Waals surface area contributed by atoms with Gasteiger partial charge in [0.1, 0.15) is 24.3 Å². The SMILES string of the molecule is C=CCc1ccccc1OCC(O)CNc1ccc(F)cc1. The van der Waals surface area contributed by atoms with Crippen LogP contribution >= 0.6 is 0 Å². The van der Waals surface area contributed by atoms with Crippen LogP contribution in [0.5, 0.6) is 5.75 Å². The number of benzene rings is 2. The highest BCUT2D eigenvalue weighted by molar-refractivity contribution is 5.42. The van der Waals surface area contributed by atoms with Gasteiger partial charge < -0.3 is 15.2 Å². The molecule has 0 aromatic heterocycles. The average Bonchev–Trinajstić information content (AvgIpc) is 2.54. The molecule has 3 nitrogen and oxygen atoms in total. The van der Waals surface area contributed by atoms with E-state index in [4.69, 9.17) is 4.74 Å². The number of nitrogens with one attached hydrogen (secondary N) is 1. The Morgan fingerprint density at radius 2 is 1.91 bits per heavy atom. The number of hydrogen-bond donors (Lipinski definition) is 2. The molecule has 0 aliphatic carbocycles. The molecule has 2 aromatic carbocycles. The summed E-state index contributed by atoms with van der Waals surface area (Å²) >= 11 is 0. The van der Waals surface area contributed by atoms with Gasteiger partial charge in [-0.05, 0) is 42.3 Å². The maximum Gasteiger partial charge on any atom is 0.123 e. The number of para-hydroxylation sites is 1. The molecule has 0 radical (unpaired) electrons. The smallest absolute Gasteiger partial charge is 0.123 e. The molecule has 0 heterocycles. The minimum atomic E-state index is -0.665. The molecule has 2 aromatic rings. The van der Waals surface area contributed by atoms with E-state index in [0.717, 1.165) is 23.4 Å². The van der Waals surface area contributed by atoms with Gasteiger partial charge in [0.15, 0.2) is 0 Å². The molecule has 4 heteroatoms. The molecule has 2 rings (SSSR count). The van der Waals surface area contributed by atoms with Gasteiger partial charge in [-0.3, -0.25) is 0 Å². The van der Waals surface area contributed by atoms with E-state index in [1.165, 1.54) is 12.1 Å². The molecule has 1 unspecified atom stereocenters. The van der Waals surface area contributed by atoms with Crippen molar-refractivity contribution in [3.63, 3.8) is 0 Å².